The smallest absolute Gasteiger partial charge is 0.332 e. The number of benzene rings is 1. The highest BCUT2D eigenvalue weighted by Gasteiger charge is 2.36. The number of carbonyl (C=O) groups is 1. The van der Waals surface area contributed by atoms with Gasteiger partial charge in [0.15, 0.2) is 11.6 Å². The third-order valence-corrected chi connectivity index (χ3v) is 8.85. The fourth-order valence-electron chi connectivity index (χ4n) is 3.73. The van der Waals surface area contributed by atoms with Crippen LogP contribution in [0.5, 0.6) is 11.5 Å². The van der Waals surface area contributed by atoms with Crippen molar-refractivity contribution in [3.8, 4) is 22.1 Å². The van der Waals surface area contributed by atoms with Crippen LogP contribution in [-0.2, 0) is 21.3 Å². The minimum atomic E-state index is -3.71. The Hall–Kier alpha value is -3.65. The van der Waals surface area contributed by atoms with Gasteiger partial charge in [-0.2, -0.15) is 0 Å². The van der Waals surface area contributed by atoms with Gasteiger partial charge in [-0.3, -0.25) is 9.97 Å². The number of aromatic nitrogens is 2. The highest BCUT2D eigenvalue weighted by Crippen LogP contribution is 2.39. The largest absolute Gasteiger partial charge is 0.453 e. The molecular formula is C26H26FN5O5S2. The van der Waals surface area contributed by atoms with E-state index >= 15 is 0 Å². The molecule has 0 unspecified atom stereocenters. The van der Waals surface area contributed by atoms with Crippen LogP contribution in [0.25, 0.3) is 20.8 Å². The molecule has 3 N–H and O–H groups in total. The van der Waals surface area contributed by atoms with Crippen LogP contribution in [-0.4, -0.2) is 49.9 Å². The SMILES string of the molecule is COCCNCc1ccc(-c2cc3nccc(Oc4ccc(NC(=O)NS(=O)(=O)C5CC5)cc4F)c3s2)nc1. The molecule has 1 saturated carbocycles. The van der Waals surface area contributed by atoms with Gasteiger partial charge in [0.25, 0.3) is 0 Å². The van der Waals surface area contributed by atoms with Crippen LogP contribution in [0.15, 0.2) is 54.9 Å². The van der Waals surface area contributed by atoms with E-state index in [1.807, 2.05) is 29.1 Å². The van der Waals surface area contributed by atoms with Crippen molar-refractivity contribution in [2.24, 2.45) is 0 Å². The minimum Gasteiger partial charge on any atom is -0.453 e. The van der Waals surface area contributed by atoms with Crippen LogP contribution in [0.3, 0.4) is 0 Å². The number of thiophene rings is 1. The van der Waals surface area contributed by atoms with Crippen molar-refractivity contribution in [2.75, 3.05) is 25.6 Å². The van der Waals surface area contributed by atoms with Crippen LogP contribution < -0.4 is 20.1 Å². The standard InChI is InChI=1S/C26H26FN5O5S2/c1-36-11-10-28-14-16-2-6-20(30-15-16)24-13-21-25(38-24)23(8-9-29-21)37-22-7-3-17(12-19(22)27)31-26(33)32-39(34,35)18-4-5-18/h2-3,6-9,12-13,15,18,28H,4-5,10-11,14H2,1H3,(H2,31,32,33). The van der Waals surface area contributed by atoms with Gasteiger partial charge in [0.1, 0.15) is 5.75 Å². The van der Waals surface area contributed by atoms with E-state index < -0.39 is 27.1 Å². The number of sulfonamides is 1. The average molecular weight is 572 g/mol. The van der Waals surface area contributed by atoms with Crippen LogP contribution in [0.2, 0.25) is 0 Å². The summed E-state index contributed by atoms with van der Waals surface area (Å²) >= 11 is 1.43. The van der Waals surface area contributed by atoms with Crippen LogP contribution in [0.1, 0.15) is 18.4 Å². The highest BCUT2D eigenvalue weighted by atomic mass is 32.2. The van der Waals surface area contributed by atoms with Gasteiger partial charge in [0.05, 0.1) is 32.6 Å². The zero-order valence-electron chi connectivity index (χ0n) is 20.9. The summed E-state index contributed by atoms with van der Waals surface area (Å²) < 4.78 is 52.2. The number of pyridine rings is 2. The van der Waals surface area contributed by atoms with Gasteiger partial charge in [-0.15, -0.1) is 11.3 Å². The van der Waals surface area contributed by atoms with Gasteiger partial charge in [-0.25, -0.2) is 22.3 Å². The predicted molar refractivity (Wildman–Crippen MR) is 147 cm³/mol. The second-order valence-corrected chi connectivity index (χ2v) is 11.9. The number of hydrogen-bond acceptors (Lipinski definition) is 9. The Morgan fingerprint density at radius 1 is 1.13 bits per heavy atom. The van der Waals surface area contributed by atoms with Crippen molar-refractivity contribution in [3.05, 3.63) is 66.2 Å². The van der Waals surface area contributed by atoms with E-state index in [1.54, 1.807) is 19.4 Å². The molecule has 0 bridgehead atoms. The second kappa shape index (κ2) is 11.6. The van der Waals surface area contributed by atoms with Crippen molar-refractivity contribution in [2.45, 2.75) is 24.6 Å². The van der Waals surface area contributed by atoms with Crippen LogP contribution in [0, 0.1) is 5.82 Å². The number of ether oxygens (including phenoxy) is 2. The topological polar surface area (TPSA) is 132 Å². The molecule has 3 aromatic heterocycles. The quantitative estimate of drug-likeness (QED) is 0.222. The van der Waals surface area contributed by atoms with Crippen molar-refractivity contribution < 1.29 is 27.1 Å². The summed E-state index contributed by atoms with van der Waals surface area (Å²) in [5.41, 5.74) is 2.61. The summed E-state index contributed by atoms with van der Waals surface area (Å²) in [6, 6.07) is 10.4. The lowest BCUT2D eigenvalue weighted by atomic mass is 10.2. The van der Waals surface area contributed by atoms with E-state index in [4.69, 9.17) is 9.47 Å². The summed E-state index contributed by atoms with van der Waals surface area (Å²) in [7, 11) is -2.05. The van der Waals surface area contributed by atoms with Crippen LogP contribution in [0.4, 0.5) is 14.9 Å². The van der Waals surface area contributed by atoms with Crippen LogP contribution >= 0.6 is 11.3 Å². The van der Waals surface area contributed by atoms with Crippen molar-refractivity contribution in [3.63, 3.8) is 0 Å². The summed E-state index contributed by atoms with van der Waals surface area (Å²) in [5.74, 6) is -0.364. The molecule has 39 heavy (non-hydrogen) atoms. The fourth-order valence-corrected chi connectivity index (χ4v) is 6.01. The molecule has 204 valence electrons. The highest BCUT2D eigenvalue weighted by molar-refractivity contribution is 7.90. The zero-order chi connectivity index (χ0) is 27.4. The summed E-state index contributed by atoms with van der Waals surface area (Å²) in [4.78, 5) is 21.9. The molecule has 3 heterocycles. The summed E-state index contributed by atoms with van der Waals surface area (Å²) in [5, 5.41) is 5.07. The van der Waals surface area contributed by atoms with Gasteiger partial charge in [0, 0.05) is 50.4 Å². The average Bonchev–Trinajstić information content (AvgIpc) is 3.68. The lowest BCUT2D eigenvalue weighted by Gasteiger charge is -2.11. The molecule has 5 rings (SSSR count). The van der Waals surface area contributed by atoms with Gasteiger partial charge in [-0.1, -0.05) is 6.07 Å². The number of carbonyl (C=O) groups excluding carboxylic acids is 1. The second-order valence-electron chi connectivity index (χ2n) is 8.90. The number of urea groups is 1. The Bertz CT molecular complexity index is 1590. The van der Waals surface area contributed by atoms with E-state index in [0.29, 0.717) is 37.3 Å². The first-order valence-corrected chi connectivity index (χ1v) is 14.5. The first-order valence-electron chi connectivity index (χ1n) is 12.2. The Morgan fingerprint density at radius 3 is 2.69 bits per heavy atom. The molecule has 1 aliphatic rings. The van der Waals surface area contributed by atoms with Gasteiger partial charge in [-0.05, 0) is 42.7 Å². The van der Waals surface area contributed by atoms with Gasteiger partial charge < -0.3 is 20.1 Å². The number of anilines is 1. The molecule has 0 spiro atoms. The number of nitrogens with zero attached hydrogens (tertiary/aromatic N) is 2. The first kappa shape index (κ1) is 26.9. The number of rotatable bonds is 11. The lowest BCUT2D eigenvalue weighted by molar-refractivity contribution is 0.199. The monoisotopic (exact) mass is 571 g/mol. The fraction of sp³-hybridized carbons (Fsp3) is 0.269. The van der Waals surface area contributed by atoms with Gasteiger partial charge in [0.2, 0.25) is 10.0 Å². The number of halogens is 1. The maximum atomic E-state index is 14.9. The van der Waals surface area contributed by atoms with E-state index in [2.05, 4.69) is 20.6 Å². The molecule has 1 aromatic carbocycles. The molecule has 1 aliphatic carbocycles. The third-order valence-electron chi connectivity index (χ3n) is 5.87. The molecule has 0 saturated heterocycles. The minimum absolute atomic E-state index is 0.0579. The number of nitrogens with one attached hydrogen (secondary N) is 3. The number of fused-ring (bicyclic) bond motifs is 1. The Labute approximate surface area is 228 Å². The number of methoxy groups -OCH3 is 1. The molecule has 0 radical (unpaired) electrons. The molecule has 13 heteroatoms. The predicted octanol–water partition coefficient (Wildman–Crippen LogP) is 4.64. The lowest BCUT2D eigenvalue weighted by Crippen LogP contribution is -2.36. The zero-order valence-corrected chi connectivity index (χ0v) is 22.6. The molecule has 1 fully saturated rings. The Morgan fingerprint density at radius 2 is 1.97 bits per heavy atom. The van der Waals surface area contributed by atoms with E-state index in [9.17, 15) is 17.6 Å². The van der Waals surface area contributed by atoms with Gasteiger partial charge >= 0.3 is 6.03 Å². The summed E-state index contributed by atoms with van der Waals surface area (Å²) in [6.07, 6.45) is 4.44. The number of hydrogen-bond donors (Lipinski definition) is 3. The summed E-state index contributed by atoms with van der Waals surface area (Å²) in [6.45, 7) is 2.08. The Balaban J connectivity index is 1.27. The van der Waals surface area contributed by atoms with E-state index in [1.165, 1.54) is 23.5 Å². The van der Waals surface area contributed by atoms with E-state index in [0.717, 1.165) is 33.4 Å². The molecule has 2 amide bonds. The van der Waals surface area contributed by atoms with Crippen molar-refractivity contribution in [1.82, 2.24) is 20.0 Å². The molecular weight excluding hydrogens is 545 g/mol. The van der Waals surface area contributed by atoms with Crippen molar-refractivity contribution in [1.29, 1.82) is 0 Å². The maximum absolute atomic E-state index is 14.9. The Kier molecular flexibility index (Phi) is 8.02. The maximum Gasteiger partial charge on any atom is 0.332 e. The van der Waals surface area contributed by atoms with Crippen molar-refractivity contribution >= 4 is 43.3 Å². The molecule has 10 nitrogen and oxygen atoms in total. The molecule has 0 atom stereocenters. The molecule has 0 aliphatic heterocycles. The third kappa shape index (κ3) is 6.68. The molecule has 4 aromatic rings. The first-order chi connectivity index (χ1) is 18.8. The normalized spacial score (nSPS) is 13.4. The van der Waals surface area contributed by atoms with E-state index in [-0.39, 0.29) is 11.4 Å². The number of amides is 2.